The third-order valence-electron chi connectivity index (χ3n) is 21.7. The summed E-state index contributed by atoms with van der Waals surface area (Å²) in [6.45, 7) is 23.2. The van der Waals surface area contributed by atoms with Crippen LogP contribution in [0.5, 0.6) is 5.75 Å². The van der Waals surface area contributed by atoms with Gasteiger partial charge in [0, 0.05) is 100.0 Å². The van der Waals surface area contributed by atoms with Gasteiger partial charge in [0.25, 0.3) is 0 Å². The summed E-state index contributed by atoms with van der Waals surface area (Å²) in [6.07, 6.45) is 48.0. The van der Waals surface area contributed by atoms with E-state index in [1.807, 2.05) is 14.0 Å². The van der Waals surface area contributed by atoms with E-state index >= 15 is 0 Å². The third kappa shape index (κ3) is 14.1. The summed E-state index contributed by atoms with van der Waals surface area (Å²) in [5.41, 5.74) is 5.27. The summed E-state index contributed by atoms with van der Waals surface area (Å²) < 4.78 is 10.9. The zero-order valence-corrected chi connectivity index (χ0v) is 55.9. The molecule has 0 spiro atoms. The van der Waals surface area contributed by atoms with Crippen molar-refractivity contribution in [2.24, 2.45) is 75.9 Å². The first kappa shape index (κ1) is 67.7. The summed E-state index contributed by atoms with van der Waals surface area (Å²) >= 11 is 0. The van der Waals surface area contributed by atoms with Crippen LogP contribution in [0.25, 0.3) is 0 Å². The average Bonchev–Trinajstić information content (AvgIpc) is 4.22. The maximum absolute atomic E-state index is 11.0. The molecule has 2 N–H and O–H groups in total. The fraction of sp³-hybridized carbons (Fsp3) is 0.706. The van der Waals surface area contributed by atoms with Gasteiger partial charge in [-0.1, -0.05) is 122 Å². The van der Waals surface area contributed by atoms with Crippen molar-refractivity contribution in [3.8, 4) is 30.4 Å². The third-order valence-corrected chi connectivity index (χ3v) is 21.7. The number of rotatable bonds is 5. The summed E-state index contributed by atoms with van der Waals surface area (Å²) in [7, 11) is 3.56. The number of methoxy groups -OCH3 is 2. The second-order valence-electron chi connectivity index (χ2n) is 24.7. The van der Waals surface area contributed by atoms with Crippen LogP contribution in [-0.4, -0.2) is 35.6 Å². The molecule has 406 valence electrons. The van der Waals surface area contributed by atoms with Crippen molar-refractivity contribution in [1.29, 1.82) is 0 Å². The Morgan fingerprint density at radius 2 is 1.30 bits per heavy atom. The molecule has 6 heteroatoms. The number of hydrogen-bond acceptors (Lipinski definition) is 4. The predicted octanol–water partition coefficient (Wildman–Crippen LogP) is 17.2. The molecule has 6 unspecified atom stereocenters. The Kier molecular flexibility index (Phi) is 27.2. The summed E-state index contributed by atoms with van der Waals surface area (Å²) in [5, 5.41) is 20.5. The quantitative estimate of drug-likeness (QED) is 0.228. The Balaban J connectivity index is 0.000000261. The van der Waals surface area contributed by atoms with Crippen molar-refractivity contribution in [1.82, 2.24) is 0 Å². The molecule has 10 aliphatic carbocycles. The predicted molar refractivity (Wildman–Crippen MR) is 306 cm³/mol. The summed E-state index contributed by atoms with van der Waals surface area (Å²) in [6, 6.07) is 6.59. The van der Waals surface area contributed by atoms with Gasteiger partial charge in [-0.05, 0) is 221 Å². The Morgan fingerprint density at radius 1 is 0.662 bits per heavy atom. The molecule has 2 radical (unpaired) electrons. The van der Waals surface area contributed by atoms with E-state index in [0.717, 1.165) is 117 Å². The van der Waals surface area contributed by atoms with Gasteiger partial charge in [-0.25, -0.2) is 0 Å². The van der Waals surface area contributed by atoms with Crippen LogP contribution < -0.4 is 4.74 Å². The number of allylic oxidation sites excluding steroid dienone is 6. The standard InChI is InChI=1S/C21H26O2.C21H30O.C8H12O.2C8H14.2CH4.2Ac/c1-4-21(22)12-10-19-18-7-5-14-13-15(23-3)6-8-16(14)17(18)9-11-20(19,21)2;1-4-15-6-10-20-19-8-5-14-13-16(22-3)7-9-17(14)18(19)11-12-21(15,20)2;1-3-8(9)6-4-5-7(8)2;2*1-3-8-6-4-5-7(8)2;;;;/h1,6,8,13,17-19,22H,5,7,9-12H2,2-3H3;4,7,15,18-20H,1,5-6,8-13H2,2-3H3;1,7,9H,4-6H2,2H3;2*3,7-8H,1,4-6H2,2H3;2*1H4;;/t17?,18?,19?,20-,21-;15-,18?,19?,20?,21+;3*7-,8+;;;;/m00111..../s1. The summed E-state index contributed by atoms with van der Waals surface area (Å²) in [4.78, 5) is 0. The topological polar surface area (TPSA) is 58.9 Å². The van der Waals surface area contributed by atoms with Gasteiger partial charge in [-0.3, -0.25) is 0 Å². The molecular formula is C68H104Ac2O4. The van der Waals surface area contributed by atoms with Gasteiger partial charge in [0.05, 0.1) is 20.0 Å². The van der Waals surface area contributed by atoms with Crippen molar-refractivity contribution < 1.29 is 108 Å². The first-order valence-corrected chi connectivity index (χ1v) is 28.5. The van der Waals surface area contributed by atoms with Gasteiger partial charge >= 0.3 is 0 Å². The van der Waals surface area contributed by atoms with Crippen molar-refractivity contribution >= 4 is 0 Å². The van der Waals surface area contributed by atoms with Crippen molar-refractivity contribution in [3.63, 3.8) is 0 Å². The summed E-state index contributed by atoms with van der Waals surface area (Å²) in [5.74, 6) is 16.5. The Bertz CT molecular complexity index is 2120. The number of aryl methyl sites for hydroxylation is 1. The number of benzene rings is 1. The molecule has 74 heavy (non-hydrogen) atoms. The minimum absolute atomic E-state index is 0. The van der Waals surface area contributed by atoms with Crippen LogP contribution in [0.1, 0.15) is 208 Å². The Morgan fingerprint density at radius 3 is 1.81 bits per heavy atom. The van der Waals surface area contributed by atoms with E-state index in [0.29, 0.717) is 29.1 Å². The zero-order chi connectivity index (χ0) is 50.4. The molecule has 0 aliphatic heterocycles. The van der Waals surface area contributed by atoms with Crippen LogP contribution in [0.4, 0.5) is 0 Å². The molecular weight excluding hydrogens is 1330 g/mol. The van der Waals surface area contributed by atoms with E-state index in [-0.39, 0.29) is 108 Å². The second-order valence-corrected chi connectivity index (χ2v) is 24.7. The minimum Gasteiger partial charge on any atom is -0.501 e. The number of aliphatic hydroxyl groups is 2. The monoisotopic (exact) mass is 1440 g/mol. The van der Waals surface area contributed by atoms with Gasteiger partial charge in [0.15, 0.2) is 0 Å². The molecule has 7 fully saturated rings. The average molecular weight is 1440 g/mol. The van der Waals surface area contributed by atoms with Crippen LogP contribution in [0.3, 0.4) is 0 Å². The first-order chi connectivity index (χ1) is 33.6. The van der Waals surface area contributed by atoms with Gasteiger partial charge in [-0.2, -0.15) is 0 Å². The number of fused-ring (bicyclic) bond motifs is 9. The maximum atomic E-state index is 11.0. The first-order valence-electron chi connectivity index (χ1n) is 28.5. The largest absolute Gasteiger partial charge is 0.501 e. The molecule has 7 saturated carbocycles. The molecule has 16 atom stereocenters. The Hall–Kier alpha value is -0.557. The van der Waals surface area contributed by atoms with E-state index in [2.05, 4.69) is 102 Å². The molecule has 10 aliphatic rings. The molecule has 0 aromatic heterocycles. The zero-order valence-electron chi connectivity index (χ0n) is 46.4. The van der Waals surface area contributed by atoms with Crippen LogP contribution in [-0.2, 0) is 11.2 Å². The van der Waals surface area contributed by atoms with E-state index in [4.69, 9.17) is 22.3 Å². The smallest absolute Gasteiger partial charge is 0.130 e. The Labute approximate surface area is 527 Å². The fourth-order valence-electron chi connectivity index (χ4n) is 16.8. The number of hydrogen-bond donors (Lipinski definition) is 2. The van der Waals surface area contributed by atoms with Crippen LogP contribution in [0.15, 0.2) is 79.1 Å². The fourth-order valence-corrected chi connectivity index (χ4v) is 16.8. The van der Waals surface area contributed by atoms with Crippen LogP contribution >= 0.6 is 0 Å². The molecule has 0 amide bonds. The minimum atomic E-state index is -0.900. The van der Waals surface area contributed by atoms with E-state index < -0.39 is 11.2 Å². The molecule has 1 aromatic rings. The number of ether oxygens (including phenoxy) is 2. The van der Waals surface area contributed by atoms with E-state index in [1.54, 1.807) is 18.3 Å². The number of terminal acetylenes is 2. The van der Waals surface area contributed by atoms with Crippen molar-refractivity contribution in [2.45, 2.75) is 214 Å². The van der Waals surface area contributed by atoms with Gasteiger partial charge < -0.3 is 19.7 Å². The van der Waals surface area contributed by atoms with E-state index in [1.165, 1.54) is 100 Å². The SMILES string of the molecule is C.C.C#C[C@]1(O)CCC2C3CCc4cc(OC)ccc4C3CC[C@@]21C.C#C[C@]1(O)CCC[C@H]1C.C=C[C@H]1CCC2C3CCC4=C(CC=C(OC)C4)C3CC[C@@]21C.C=C[C@H]1CCC[C@H]1C.C=C[C@H]1CCC[C@H]1C.[Ac].[Ac]. The van der Waals surface area contributed by atoms with Crippen LogP contribution in [0.2, 0.25) is 0 Å². The van der Waals surface area contributed by atoms with E-state index in [9.17, 15) is 10.2 Å². The van der Waals surface area contributed by atoms with Gasteiger partial charge in [0.1, 0.15) is 17.0 Å². The molecule has 0 heterocycles. The molecule has 1 aromatic carbocycles. The molecule has 4 nitrogen and oxygen atoms in total. The second kappa shape index (κ2) is 29.8. The maximum Gasteiger partial charge on any atom is 0.130 e. The van der Waals surface area contributed by atoms with Crippen LogP contribution in [0, 0.1) is 189 Å². The van der Waals surface area contributed by atoms with Gasteiger partial charge in [-0.15, -0.1) is 32.6 Å². The van der Waals surface area contributed by atoms with Gasteiger partial charge in [0.2, 0.25) is 0 Å². The van der Waals surface area contributed by atoms with Crippen molar-refractivity contribution in [3.05, 3.63) is 90.3 Å². The van der Waals surface area contributed by atoms with Crippen molar-refractivity contribution in [2.75, 3.05) is 14.2 Å². The molecule has 0 bridgehead atoms. The molecule has 11 rings (SSSR count). The molecule has 0 saturated heterocycles. The normalized spacial score (nSPS) is 39.2.